The summed E-state index contributed by atoms with van der Waals surface area (Å²) < 4.78 is 65.1. The minimum atomic E-state index is -6.21. The fourth-order valence-corrected chi connectivity index (χ4v) is 6.06. The quantitative estimate of drug-likeness (QED) is 0.214. The SMILES string of the molecule is C.C#C[C@]1(COP(=O)([O-])OP(=O)([O-])OP(=O)([O-])[O-])O[C@@H](n2cc(F)c3c(N)nc(Cl)nc32)C[C@@H]1O. The molecule has 0 spiro atoms. The molecule has 1 aliphatic heterocycles. The number of hydrogen-bond donors (Lipinski definition) is 2. The lowest BCUT2D eigenvalue weighted by Crippen LogP contribution is -2.42. The highest BCUT2D eigenvalue weighted by Gasteiger charge is 2.49. The van der Waals surface area contributed by atoms with Crippen LogP contribution in [0.4, 0.5) is 10.2 Å². The van der Waals surface area contributed by atoms with Crippen LogP contribution >= 0.6 is 35.1 Å². The molecular formula is C14H15ClFN4O12P3-4. The molecule has 35 heavy (non-hydrogen) atoms. The van der Waals surface area contributed by atoms with E-state index in [1.165, 1.54) is 0 Å². The van der Waals surface area contributed by atoms with Gasteiger partial charge in [-0.3, -0.25) is 13.4 Å². The molecule has 5 atom stereocenters. The molecular weight excluding hydrogens is 564 g/mol. The van der Waals surface area contributed by atoms with E-state index in [1.54, 1.807) is 0 Å². The van der Waals surface area contributed by atoms with Gasteiger partial charge in [-0.15, -0.1) is 6.42 Å². The highest BCUT2D eigenvalue weighted by atomic mass is 35.5. The summed E-state index contributed by atoms with van der Waals surface area (Å²) in [6.45, 7) is -1.26. The van der Waals surface area contributed by atoms with E-state index in [9.17, 15) is 42.8 Å². The molecule has 0 radical (unpaired) electrons. The van der Waals surface area contributed by atoms with Crippen LogP contribution in [0.5, 0.6) is 0 Å². The molecule has 0 saturated carbocycles. The van der Waals surface area contributed by atoms with Gasteiger partial charge in [-0.25, -0.2) is 13.7 Å². The van der Waals surface area contributed by atoms with Gasteiger partial charge in [-0.1, -0.05) is 13.3 Å². The van der Waals surface area contributed by atoms with Crippen molar-refractivity contribution in [1.29, 1.82) is 0 Å². The largest absolute Gasteiger partial charge is 0.790 e. The molecule has 1 aliphatic rings. The zero-order chi connectivity index (χ0) is 25.7. The molecule has 1 fully saturated rings. The van der Waals surface area contributed by atoms with Gasteiger partial charge in [-0.2, -0.15) is 4.98 Å². The Morgan fingerprint density at radius 1 is 1.31 bits per heavy atom. The van der Waals surface area contributed by atoms with Gasteiger partial charge in [0.25, 0.3) is 15.6 Å². The average Bonchev–Trinajstić information content (AvgIpc) is 3.14. The van der Waals surface area contributed by atoms with Crippen molar-refractivity contribution < 1.29 is 60.6 Å². The summed E-state index contributed by atoms with van der Waals surface area (Å²) in [5.41, 5.74) is 3.22. The number of nitrogens with zero attached hydrogens (tertiary/aromatic N) is 3. The molecule has 2 aromatic rings. The second-order valence-electron chi connectivity index (χ2n) is 6.60. The van der Waals surface area contributed by atoms with Crippen molar-refractivity contribution in [2.24, 2.45) is 0 Å². The number of nitrogens with two attached hydrogens (primary N) is 1. The Kier molecular flexibility index (Phi) is 8.60. The van der Waals surface area contributed by atoms with E-state index < -0.39 is 53.8 Å². The molecule has 0 aromatic carbocycles. The first-order chi connectivity index (χ1) is 15.5. The summed E-state index contributed by atoms with van der Waals surface area (Å²) in [6, 6.07) is 0. The summed E-state index contributed by atoms with van der Waals surface area (Å²) >= 11 is 5.74. The minimum Gasteiger partial charge on any atom is -0.790 e. The summed E-state index contributed by atoms with van der Waals surface area (Å²) in [5, 5.41) is 9.84. The van der Waals surface area contributed by atoms with Crippen molar-refractivity contribution in [3.05, 3.63) is 17.3 Å². The lowest BCUT2D eigenvalue weighted by molar-refractivity contribution is -0.339. The third kappa shape index (κ3) is 6.65. The Labute approximate surface area is 201 Å². The Morgan fingerprint density at radius 2 is 1.94 bits per heavy atom. The van der Waals surface area contributed by atoms with Crippen LogP contribution < -0.4 is 25.3 Å². The van der Waals surface area contributed by atoms with Crippen LogP contribution in [0, 0.1) is 18.2 Å². The molecule has 0 bridgehead atoms. The molecule has 0 amide bonds. The standard InChI is InChI=1S/C13H15ClFN4O12P3.CH4/c1-2-13(5-28-33(24,25)31-34(26,27)30-32(21,22)23)7(20)3-8(29-13)19-4-6(15)9-10(16)17-12(14)18-11(9)19;/h1,4,7-8,20H,3,5H2,(H,24,25)(H,26,27)(H2,16,17,18)(H2,21,22,23);1H4/p-4/t7-,8+,13+;/m0./s1. The van der Waals surface area contributed by atoms with E-state index >= 15 is 0 Å². The number of aliphatic hydroxyl groups excluding tert-OH is 1. The van der Waals surface area contributed by atoms with E-state index in [4.69, 9.17) is 28.5 Å². The third-order valence-electron chi connectivity index (χ3n) is 4.33. The van der Waals surface area contributed by atoms with E-state index in [1.807, 2.05) is 5.92 Å². The molecule has 196 valence electrons. The topological polar surface area (TPSA) is 257 Å². The van der Waals surface area contributed by atoms with Gasteiger partial charge in [0.05, 0.1) is 19.8 Å². The molecule has 21 heteroatoms. The fourth-order valence-electron chi connectivity index (χ4n) is 3.00. The molecule has 3 rings (SSSR count). The van der Waals surface area contributed by atoms with Crippen molar-refractivity contribution in [3.8, 4) is 12.3 Å². The molecule has 2 unspecified atom stereocenters. The van der Waals surface area contributed by atoms with Crippen LogP contribution in [0.2, 0.25) is 5.28 Å². The summed E-state index contributed by atoms with van der Waals surface area (Å²) in [6.07, 6.45) is 2.91. The molecule has 3 N–H and O–H groups in total. The Hall–Kier alpha value is -1.47. The maximum Gasteiger partial charge on any atom is 0.278 e. The number of phosphoric acid groups is 3. The summed E-state index contributed by atoms with van der Waals surface area (Å²) in [5.74, 6) is 0.772. The van der Waals surface area contributed by atoms with Gasteiger partial charge < -0.3 is 48.8 Å². The summed E-state index contributed by atoms with van der Waals surface area (Å²) in [4.78, 5) is 51.3. The number of anilines is 1. The van der Waals surface area contributed by atoms with Gasteiger partial charge >= 0.3 is 0 Å². The third-order valence-corrected chi connectivity index (χ3v) is 8.14. The molecule has 1 saturated heterocycles. The predicted molar refractivity (Wildman–Crippen MR) is 107 cm³/mol. The number of phosphoric ester groups is 1. The lowest BCUT2D eigenvalue weighted by atomic mass is 9.99. The number of halogens is 2. The maximum atomic E-state index is 14.4. The van der Waals surface area contributed by atoms with E-state index in [-0.39, 0.29) is 36.0 Å². The molecule has 3 heterocycles. The number of terminal acetylenes is 1. The number of aliphatic hydroxyl groups is 1. The van der Waals surface area contributed by atoms with Gasteiger partial charge in [0.1, 0.15) is 18.1 Å². The number of hydrogen-bond acceptors (Lipinski definition) is 15. The Morgan fingerprint density at radius 3 is 2.51 bits per heavy atom. The van der Waals surface area contributed by atoms with Crippen LogP contribution in [-0.4, -0.2) is 38.0 Å². The number of aromatic nitrogens is 3. The molecule has 16 nitrogen and oxygen atoms in total. The highest BCUT2D eigenvalue weighted by Crippen LogP contribution is 2.60. The van der Waals surface area contributed by atoms with Crippen LogP contribution in [0.25, 0.3) is 11.0 Å². The number of nitrogen functional groups attached to an aromatic ring is 1. The minimum absolute atomic E-state index is 0. The van der Waals surface area contributed by atoms with Crippen molar-refractivity contribution in [2.75, 3.05) is 12.3 Å². The van der Waals surface area contributed by atoms with Crippen molar-refractivity contribution in [3.63, 3.8) is 0 Å². The van der Waals surface area contributed by atoms with Crippen LogP contribution in [0.1, 0.15) is 20.1 Å². The van der Waals surface area contributed by atoms with E-state index in [0.717, 1.165) is 10.8 Å². The van der Waals surface area contributed by atoms with Crippen molar-refractivity contribution >= 4 is 51.9 Å². The first-order valence-electron chi connectivity index (χ1n) is 8.51. The normalized spacial score (nSPS) is 26.0. The van der Waals surface area contributed by atoms with Gasteiger partial charge in [0.15, 0.2) is 17.1 Å². The first kappa shape index (κ1) is 29.8. The number of fused-ring (bicyclic) bond motifs is 1. The van der Waals surface area contributed by atoms with Crippen LogP contribution in [0.15, 0.2) is 6.20 Å². The smallest absolute Gasteiger partial charge is 0.278 e. The van der Waals surface area contributed by atoms with Gasteiger partial charge in [0.2, 0.25) is 5.28 Å². The second-order valence-corrected chi connectivity index (χ2v) is 11.2. The number of rotatable bonds is 8. The van der Waals surface area contributed by atoms with Crippen LogP contribution in [-0.2, 0) is 31.6 Å². The maximum absolute atomic E-state index is 14.4. The Balaban J connectivity index is 0.00000432. The van der Waals surface area contributed by atoms with Crippen LogP contribution in [0.3, 0.4) is 0 Å². The zero-order valence-corrected chi connectivity index (χ0v) is 19.6. The van der Waals surface area contributed by atoms with Gasteiger partial charge in [-0.05, 0) is 11.6 Å². The number of ether oxygens (including phenoxy) is 1. The zero-order valence-electron chi connectivity index (χ0n) is 16.2. The first-order valence-corrected chi connectivity index (χ1v) is 13.3. The van der Waals surface area contributed by atoms with E-state index in [2.05, 4.69) is 23.1 Å². The second kappa shape index (κ2) is 10.1. The van der Waals surface area contributed by atoms with E-state index in [0.29, 0.717) is 0 Å². The summed E-state index contributed by atoms with van der Waals surface area (Å²) in [7, 11) is -18.3. The van der Waals surface area contributed by atoms with Crippen molar-refractivity contribution in [1.82, 2.24) is 14.5 Å². The highest BCUT2D eigenvalue weighted by molar-refractivity contribution is 7.64. The average molecular weight is 579 g/mol. The Bertz CT molecular complexity index is 1310. The fraction of sp³-hybridized carbons (Fsp3) is 0.429. The lowest BCUT2D eigenvalue weighted by Gasteiger charge is -2.38. The molecule has 0 aliphatic carbocycles. The van der Waals surface area contributed by atoms with Gasteiger partial charge in [0, 0.05) is 12.6 Å². The predicted octanol–water partition coefficient (Wildman–Crippen LogP) is -1.09. The monoisotopic (exact) mass is 578 g/mol. The molecule has 2 aromatic heterocycles. The van der Waals surface area contributed by atoms with Crippen molar-refractivity contribution in [2.45, 2.75) is 31.8 Å².